The number of aryl methyl sites for hydroxylation is 2. The number of nitrogens with zero attached hydrogens (tertiary/aromatic N) is 2. The van der Waals surface area contributed by atoms with Gasteiger partial charge in [-0.05, 0) is 48.0 Å². The van der Waals surface area contributed by atoms with E-state index < -0.39 is 0 Å². The number of pyridine rings is 1. The second-order valence-electron chi connectivity index (χ2n) is 4.01. The number of nitriles is 1. The number of rotatable bonds is 2. The van der Waals surface area contributed by atoms with Gasteiger partial charge in [-0.3, -0.25) is 4.98 Å². The lowest BCUT2D eigenvalue weighted by molar-refractivity contribution is 0.476. The molecule has 0 aliphatic rings. The molecule has 0 aliphatic carbocycles. The van der Waals surface area contributed by atoms with Crippen LogP contribution in [0.1, 0.15) is 17.0 Å². The van der Waals surface area contributed by atoms with Gasteiger partial charge < -0.3 is 4.74 Å². The molecule has 0 radical (unpaired) electrons. The molecule has 0 spiro atoms. The fraction of sp³-hybridized carbons (Fsp3) is 0.143. The summed E-state index contributed by atoms with van der Waals surface area (Å²) in [7, 11) is 0. The van der Waals surface area contributed by atoms with Gasteiger partial charge in [0, 0.05) is 16.8 Å². The van der Waals surface area contributed by atoms with Crippen LogP contribution in [0.3, 0.4) is 0 Å². The van der Waals surface area contributed by atoms with Gasteiger partial charge >= 0.3 is 0 Å². The fourth-order valence-electron chi connectivity index (χ4n) is 1.69. The maximum Gasteiger partial charge on any atom is 0.148 e. The van der Waals surface area contributed by atoms with E-state index in [-0.39, 0.29) is 0 Å². The Morgan fingerprint density at radius 1 is 1.26 bits per heavy atom. The average molecular weight is 338 g/mol. The summed E-state index contributed by atoms with van der Waals surface area (Å²) in [6, 6.07) is 9.08. The summed E-state index contributed by atoms with van der Waals surface area (Å²) < 4.78 is 6.51. The van der Waals surface area contributed by atoms with E-state index in [1.807, 2.05) is 6.92 Å². The third kappa shape index (κ3) is 3.06. The standard InChI is InChI=1S/C14H10BrClN2O/c1-8-5-14(11(7-17)9(2)18-8)19-13-4-3-10(16)6-12(13)15/h3-6H,1-2H3. The molecule has 0 amide bonds. The van der Waals surface area contributed by atoms with Crippen LogP contribution in [-0.4, -0.2) is 4.98 Å². The van der Waals surface area contributed by atoms with Crippen LogP contribution in [0.25, 0.3) is 0 Å². The largest absolute Gasteiger partial charge is 0.455 e. The van der Waals surface area contributed by atoms with Crippen molar-refractivity contribution in [1.82, 2.24) is 4.98 Å². The highest BCUT2D eigenvalue weighted by Crippen LogP contribution is 2.34. The number of ether oxygens (including phenoxy) is 1. The highest BCUT2D eigenvalue weighted by Gasteiger charge is 2.12. The van der Waals surface area contributed by atoms with Crippen LogP contribution in [0.15, 0.2) is 28.7 Å². The fourth-order valence-corrected chi connectivity index (χ4v) is 2.45. The first-order valence-electron chi connectivity index (χ1n) is 5.52. The highest BCUT2D eigenvalue weighted by atomic mass is 79.9. The SMILES string of the molecule is Cc1cc(Oc2ccc(Cl)cc2Br)c(C#N)c(C)n1. The van der Waals surface area contributed by atoms with Gasteiger partial charge in [0.15, 0.2) is 0 Å². The van der Waals surface area contributed by atoms with Gasteiger partial charge in [0.1, 0.15) is 23.1 Å². The molecule has 2 aromatic rings. The van der Waals surface area contributed by atoms with Crippen LogP contribution in [-0.2, 0) is 0 Å². The van der Waals surface area contributed by atoms with Crippen LogP contribution >= 0.6 is 27.5 Å². The van der Waals surface area contributed by atoms with Crippen molar-refractivity contribution in [2.45, 2.75) is 13.8 Å². The first-order chi connectivity index (χ1) is 9.01. The number of aromatic nitrogens is 1. The lowest BCUT2D eigenvalue weighted by atomic mass is 10.2. The molecule has 0 fully saturated rings. The van der Waals surface area contributed by atoms with E-state index in [1.54, 1.807) is 31.2 Å². The van der Waals surface area contributed by atoms with E-state index >= 15 is 0 Å². The van der Waals surface area contributed by atoms with Crippen LogP contribution in [0.4, 0.5) is 0 Å². The average Bonchev–Trinajstić information content (AvgIpc) is 2.32. The van der Waals surface area contributed by atoms with Crippen LogP contribution in [0, 0.1) is 25.2 Å². The van der Waals surface area contributed by atoms with E-state index in [9.17, 15) is 5.26 Å². The van der Waals surface area contributed by atoms with Gasteiger partial charge in [-0.15, -0.1) is 0 Å². The smallest absolute Gasteiger partial charge is 0.148 e. The molecule has 0 saturated carbocycles. The molecule has 0 bridgehead atoms. The van der Waals surface area contributed by atoms with Crippen LogP contribution in [0.2, 0.25) is 5.02 Å². The van der Waals surface area contributed by atoms with Gasteiger partial charge in [0.25, 0.3) is 0 Å². The molecule has 0 N–H and O–H groups in total. The third-order valence-electron chi connectivity index (χ3n) is 2.52. The summed E-state index contributed by atoms with van der Waals surface area (Å²) in [4.78, 5) is 4.25. The minimum absolute atomic E-state index is 0.437. The molecule has 0 saturated heterocycles. The topological polar surface area (TPSA) is 45.9 Å². The molecule has 0 atom stereocenters. The molecule has 96 valence electrons. The van der Waals surface area contributed by atoms with Crippen molar-refractivity contribution in [3.63, 3.8) is 0 Å². The quantitative estimate of drug-likeness (QED) is 0.792. The lowest BCUT2D eigenvalue weighted by Gasteiger charge is -2.11. The number of hydrogen-bond acceptors (Lipinski definition) is 3. The Hall–Kier alpha value is -1.57. The zero-order chi connectivity index (χ0) is 14.0. The zero-order valence-corrected chi connectivity index (χ0v) is 12.7. The molecular weight excluding hydrogens is 328 g/mol. The lowest BCUT2D eigenvalue weighted by Crippen LogP contribution is -1.96. The molecule has 1 aromatic carbocycles. The molecule has 3 nitrogen and oxygen atoms in total. The predicted molar refractivity (Wildman–Crippen MR) is 77.7 cm³/mol. The summed E-state index contributed by atoms with van der Waals surface area (Å²) in [6.45, 7) is 3.65. The van der Waals surface area contributed by atoms with Crippen molar-refractivity contribution in [3.05, 3.63) is 50.7 Å². The van der Waals surface area contributed by atoms with Crippen molar-refractivity contribution >= 4 is 27.5 Å². The van der Waals surface area contributed by atoms with Crippen LogP contribution < -0.4 is 4.74 Å². The Morgan fingerprint density at radius 2 is 2.00 bits per heavy atom. The molecule has 1 aromatic heterocycles. The zero-order valence-electron chi connectivity index (χ0n) is 10.4. The Balaban J connectivity index is 2.46. The molecule has 0 unspecified atom stereocenters. The molecular formula is C14H10BrClN2O. The Bertz CT molecular complexity index is 680. The first-order valence-corrected chi connectivity index (χ1v) is 6.69. The number of hydrogen-bond donors (Lipinski definition) is 0. The summed E-state index contributed by atoms with van der Waals surface area (Å²) in [5.41, 5.74) is 1.90. The Kier molecular flexibility index (Phi) is 4.08. The minimum Gasteiger partial charge on any atom is -0.455 e. The monoisotopic (exact) mass is 336 g/mol. The molecule has 2 rings (SSSR count). The molecule has 0 aliphatic heterocycles. The van der Waals surface area contributed by atoms with E-state index in [0.717, 1.165) is 10.2 Å². The van der Waals surface area contributed by atoms with Crippen molar-refractivity contribution in [2.75, 3.05) is 0 Å². The molecule has 1 heterocycles. The normalized spacial score (nSPS) is 10.1. The van der Waals surface area contributed by atoms with E-state index in [0.29, 0.717) is 27.8 Å². The van der Waals surface area contributed by atoms with Crippen molar-refractivity contribution in [2.24, 2.45) is 0 Å². The summed E-state index contributed by atoms with van der Waals surface area (Å²) in [5.74, 6) is 1.10. The summed E-state index contributed by atoms with van der Waals surface area (Å²) in [6.07, 6.45) is 0. The van der Waals surface area contributed by atoms with Gasteiger partial charge in [0.2, 0.25) is 0 Å². The van der Waals surface area contributed by atoms with E-state index in [2.05, 4.69) is 27.0 Å². The highest BCUT2D eigenvalue weighted by molar-refractivity contribution is 9.10. The van der Waals surface area contributed by atoms with Crippen LogP contribution in [0.5, 0.6) is 11.5 Å². The Labute approximate surface area is 124 Å². The van der Waals surface area contributed by atoms with Crippen molar-refractivity contribution in [3.8, 4) is 17.6 Å². The second kappa shape index (κ2) is 5.60. The summed E-state index contributed by atoms with van der Waals surface area (Å²) in [5, 5.41) is 9.79. The van der Waals surface area contributed by atoms with Gasteiger partial charge in [-0.25, -0.2) is 0 Å². The van der Waals surface area contributed by atoms with Crippen molar-refractivity contribution in [1.29, 1.82) is 5.26 Å². The summed E-state index contributed by atoms with van der Waals surface area (Å²) >= 11 is 9.26. The first kappa shape index (κ1) is 13.9. The minimum atomic E-state index is 0.437. The predicted octanol–water partition coefficient (Wildman–Crippen LogP) is 4.78. The number of halogens is 2. The molecule has 19 heavy (non-hydrogen) atoms. The van der Waals surface area contributed by atoms with E-state index in [1.165, 1.54) is 0 Å². The van der Waals surface area contributed by atoms with Gasteiger partial charge in [-0.1, -0.05) is 11.6 Å². The van der Waals surface area contributed by atoms with Gasteiger partial charge in [-0.2, -0.15) is 5.26 Å². The van der Waals surface area contributed by atoms with Gasteiger partial charge in [0.05, 0.1) is 10.2 Å². The maximum absolute atomic E-state index is 9.18. The molecule has 5 heteroatoms. The van der Waals surface area contributed by atoms with Crippen molar-refractivity contribution < 1.29 is 4.74 Å². The maximum atomic E-state index is 9.18. The van der Waals surface area contributed by atoms with E-state index in [4.69, 9.17) is 16.3 Å². The second-order valence-corrected chi connectivity index (χ2v) is 5.30. The number of benzene rings is 1. The Morgan fingerprint density at radius 3 is 2.63 bits per heavy atom. The third-order valence-corrected chi connectivity index (χ3v) is 3.37.